The predicted octanol–water partition coefficient (Wildman–Crippen LogP) is 3.14. The van der Waals surface area contributed by atoms with Gasteiger partial charge in [0.1, 0.15) is 22.6 Å². The van der Waals surface area contributed by atoms with Crippen LogP contribution in [0, 0.1) is 36.5 Å². The highest BCUT2D eigenvalue weighted by Crippen LogP contribution is 2.21. The Labute approximate surface area is 174 Å². The average Bonchev–Trinajstić information content (AvgIpc) is 3.00. The van der Waals surface area contributed by atoms with E-state index in [4.69, 9.17) is 0 Å². The first-order valence-corrected chi connectivity index (χ1v) is 9.57. The molecule has 1 heterocycles. The van der Waals surface area contributed by atoms with Crippen LogP contribution in [-0.2, 0) is 0 Å². The van der Waals surface area contributed by atoms with Gasteiger partial charge in [-0.2, -0.15) is 19.3 Å². The summed E-state index contributed by atoms with van der Waals surface area (Å²) in [6.45, 7) is 0.634. The van der Waals surface area contributed by atoms with E-state index >= 15 is 0 Å². The van der Waals surface area contributed by atoms with Gasteiger partial charge >= 0.3 is 6.61 Å². The van der Waals surface area contributed by atoms with Crippen molar-refractivity contribution in [1.29, 1.82) is 10.5 Å². The van der Waals surface area contributed by atoms with E-state index in [0.717, 1.165) is 22.5 Å². The summed E-state index contributed by atoms with van der Waals surface area (Å²) < 4.78 is 31.7. The van der Waals surface area contributed by atoms with Crippen LogP contribution in [0.3, 0.4) is 0 Å². The molecule has 0 unspecified atom stereocenters. The zero-order chi connectivity index (χ0) is 21.8. The number of aromatic nitrogens is 1. The van der Waals surface area contributed by atoms with E-state index in [1.165, 1.54) is 16.7 Å². The third kappa shape index (κ3) is 4.00. The molecule has 30 heavy (non-hydrogen) atoms. The molecule has 0 spiro atoms. The lowest BCUT2D eigenvalue weighted by atomic mass is 10.1. The van der Waals surface area contributed by atoms with Gasteiger partial charge in [0.25, 0.3) is 5.56 Å². The molecule has 0 saturated heterocycles. The van der Waals surface area contributed by atoms with Crippen molar-refractivity contribution in [2.45, 2.75) is 20.5 Å². The van der Waals surface area contributed by atoms with Crippen molar-refractivity contribution in [3.63, 3.8) is 0 Å². The van der Waals surface area contributed by atoms with Gasteiger partial charge in [0.15, 0.2) is 5.57 Å². The molecule has 3 aromatic rings. The van der Waals surface area contributed by atoms with Gasteiger partial charge in [-0.1, -0.05) is 36.4 Å². The first-order chi connectivity index (χ1) is 14.4. The monoisotopic (exact) mass is 423 g/mol. The summed E-state index contributed by atoms with van der Waals surface area (Å²) >= 11 is 0.948. The van der Waals surface area contributed by atoms with E-state index in [2.05, 4.69) is 4.74 Å². The van der Waals surface area contributed by atoms with Crippen LogP contribution in [-0.4, -0.2) is 11.2 Å². The fourth-order valence-corrected chi connectivity index (χ4v) is 4.11. The van der Waals surface area contributed by atoms with Gasteiger partial charge in [-0.3, -0.25) is 9.36 Å². The fraction of sp³-hybridized carbons (Fsp3) is 0.136. The molecule has 0 atom stereocenters. The molecule has 3 rings (SSSR count). The molecule has 0 radical (unpaired) electrons. The van der Waals surface area contributed by atoms with Crippen molar-refractivity contribution in [1.82, 2.24) is 4.57 Å². The molecule has 0 N–H and O–H groups in total. The minimum absolute atomic E-state index is 0.0785. The van der Waals surface area contributed by atoms with Crippen molar-refractivity contribution in [3.05, 3.63) is 78.7 Å². The van der Waals surface area contributed by atoms with Crippen molar-refractivity contribution in [3.8, 4) is 23.6 Å². The van der Waals surface area contributed by atoms with Crippen LogP contribution >= 0.6 is 11.3 Å². The second kappa shape index (κ2) is 8.73. The normalized spacial score (nSPS) is 11.2. The lowest BCUT2D eigenvalue weighted by molar-refractivity contribution is -0.0499. The minimum atomic E-state index is -3.01. The summed E-state index contributed by atoms with van der Waals surface area (Å²) in [6, 6.07) is 15.2. The Balaban J connectivity index is 2.42. The number of para-hydroxylation sites is 2. The number of nitriles is 2. The lowest BCUT2D eigenvalue weighted by Gasteiger charge is -2.10. The predicted molar refractivity (Wildman–Crippen MR) is 110 cm³/mol. The third-order valence-corrected chi connectivity index (χ3v) is 5.44. The van der Waals surface area contributed by atoms with E-state index in [9.17, 15) is 24.1 Å². The number of hydrogen-bond donors (Lipinski definition) is 0. The molecule has 0 saturated carbocycles. The fourth-order valence-electron chi connectivity index (χ4n) is 3.08. The van der Waals surface area contributed by atoms with Crippen molar-refractivity contribution < 1.29 is 13.5 Å². The van der Waals surface area contributed by atoms with Crippen LogP contribution in [0.5, 0.6) is 5.75 Å². The third-order valence-electron chi connectivity index (χ3n) is 4.35. The van der Waals surface area contributed by atoms with Crippen LogP contribution in [0.4, 0.5) is 8.78 Å². The number of thiazole rings is 1. The summed E-state index contributed by atoms with van der Waals surface area (Å²) in [4.78, 5) is 13.3. The zero-order valence-electron chi connectivity index (χ0n) is 16.0. The second-order valence-electron chi connectivity index (χ2n) is 6.31. The van der Waals surface area contributed by atoms with Gasteiger partial charge in [-0.15, -0.1) is 11.3 Å². The smallest absolute Gasteiger partial charge is 0.387 e. The van der Waals surface area contributed by atoms with Crippen molar-refractivity contribution in [2.24, 2.45) is 0 Å². The van der Waals surface area contributed by atoms with Crippen LogP contribution < -0.4 is 19.5 Å². The molecule has 0 fully saturated rings. The molecule has 5 nitrogen and oxygen atoms in total. The van der Waals surface area contributed by atoms with Gasteiger partial charge in [0, 0.05) is 5.56 Å². The van der Waals surface area contributed by atoms with Gasteiger partial charge in [0.05, 0.1) is 10.2 Å². The molecule has 2 aromatic carbocycles. The number of hydrogen-bond acceptors (Lipinski definition) is 5. The molecule has 150 valence electrons. The summed E-state index contributed by atoms with van der Waals surface area (Å²) in [7, 11) is 0. The maximum Gasteiger partial charge on any atom is 0.387 e. The van der Waals surface area contributed by atoms with Gasteiger partial charge in [-0.25, -0.2) is 0 Å². The van der Waals surface area contributed by atoms with Gasteiger partial charge in [0.2, 0.25) is 0 Å². The summed E-state index contributed by atoms with van der Waals surface area (Å²) in [6.07, 6.45) is 1.42. The van der Waals surface area contributed by atoms with E-state index in [1.807, 2.05) is 44.2 Å². The lowest BCUT2D eigenvalue weighted by Crippen LogP contribution is -2.31. The Morgan fingerprint density at radius 2 is 1.73 bits per heavy atom. The first-order valence-electron chi connectivity index (χ1n) is 8.76. The minimum Gasteiger partial charge on any atom is -0.434 e. The van der Waals surface area contributed by atoms with Crippen LogP contribution in [0.15, 0.2) is 47.3 Å². The number of ether oxygens (including phenoxy) is 1. The van der Waals surface area contributed by atoms with E-state index in [0.29, 0.717) is 5.69 Å². The van der Waals surface area contributed by atoms with Crippen molar-refractivity contribution >= 4 is 23.0 Å². The molecule has 1 aromatic heterocycles. The number of benzene rings is 2. The standard InChI is InChI=1S/C22H15F2N3O2S/c1-13-6-5-7-14(2)19(13)27-20(28)18(30-21(27)16(11-25)12-26)10-15-8-3-4-9-17(15)29-22(23)24/h3-10,22H,1-2H3. The van der Waals surface area contributed by atoms with E-state index in [-0.39, 0.29) is 26.1 Å². The number of rotatable bonds is 4. The molecule has 0 aliphatic heterocycles. The molecular formula is C22H15F2N3O2S. The molecule has 0 aliphatic rings. The highest BCUT2D eigenvalue weighted by Gasteiger charge is 2.15. The largest absolute Gasteiger partial charge is 0.434 e. The topological polar surface area (TPSA) is 78.8 Å². The van der Waals surface area contributed by atoms with Gasteiger partial charge in [-0.05, 0) is 37.1 Å². The number of nitrogens with zero attached hydrogens (tertiary/aromatic N) is 3. The maximum atomic E-state index is 13.3. The second-order valence-corrected chi connectivity index (χ2v) is 7.34. The summed E-state index contributed by atoms with van der Waals surface area (Å²) in [5, 5.41) is 18.8. The zero-order valence-corrected chi connectivity index (χ0v) is 16.8. The number of alkyl halides is 2. The molecule has 0 amide bonds. The van der Waals surface area contributed by atoms with Crippen molar-refractivity contribution in [2.75, 3.05) is 0 Å². The van der Waals surface area contributed by atoms with Crippen LogP contribution in [0.25, 0.3) is 17.3 Å². The average molecular weight is 423 g/mol. The van der Waals surface area contributed by atoms with Crippen LogP contribution in [0.2, 0.25) is 0 Å². The number of halogens is 2. The Bertz CT molecular complexity index is 1340. The summed E-state index contributed by atoms with van der Waals surface area (Å²) in [5.74, 6) is -0.0785. The summed E-state index contributed by atoms with van der Waals surface area (Å²) in [5.41, 5.74) is 1.78. The highest BCUT2D eigenvalue weighted by molar-refractivity contribution is 7.07. The molecule has 0 aliphatic carbocycles. The Hall–Kier alpha value is -3.75. The number of aryl methyl sites for hydroxylation is 2. The van der Waals surface area contributed by atoms with E-state index < -0.39 is 12.2 Å². The Kier molecular flexibility index (Phi) is 6.10. The highest BCUT2D eigenvalue weighted by atomic mass is 32.1. The SMILES string of the molecule is Cc1cccc(C)c1-n1c(=C(C#N)C#N)sc(=Cc2ccccc2OC(F)F)c1=O. The Morgan fingerprint density at radius 3 is 2.33 bits per heavy atom. The maximum absolute atomic E-state index is 13.3. The molecule has 0 bridgehead atoms. The quantitative estimate of drug-likeness (QED) is 0.646. The molecule has 8 heteroatoms. The first kappa shape index (κ1) is 21.0. The van der Waals surface area contributed by atoms with E-state index in [1.54, 1.807) is 18.2 Å². The van der Waals surface area contributed by atoms with Crippen LogP contribution in [0.1, 0.15) is 16.7 Å². The van der Waals surface area contributed by atoms with Gasteiger partial charge < -0.3 is 4.74 Å². The molecular weight excluding hydrogens is 408 g/mol. The Morgan fingerprint density at radius 1 is 1.10 bits per heavy atom.